The smallest absolute Gasteiger partial charge is 0.296 e. The zero-order valence-corrected chi connectivity index (χ0v) is 10.4. The fraction of sp³-hybridized carbons (Fsp3) is 0.455. The molecular weight excluding hydrogens is 226 g/mol. The van der Waals surface area contributed by atoms with Crippen LogP contribution in [-0.4, -0.2) is 40.6 Å². The second-order valence-electron chi connectivity index (χ2n) is 3.75. The first-order chi connectivity index (χ1) is 7.52. The summed E-state index contributed by atoms with van der Waals surface area (Å²) in [6.07, 6.45) is 0.694. The van der Waals surface area contributed by atoms with Crippen LogP contribution in [0.5, 0.6) is 0 Å². The van der Waals surface area contributed by atoms with Crippen molar-refractivity contribution in [1.82, 2.24) is 4.90 Å². The molecule has 0 bridgehead atoms. The molecule has 0 spiro atoms. The first-order valence-corrected chi connectivity index (χ1v) is 6.52. The molecule has 90 valence electrons. The summed E-state index contributed by atoms with van der Waals surface area (Å²) in [4.78, 5) is 2.19. The summed E-state index contributed by atoms with van der Waals surface area (Å²) >= 11 is 0. The molecule has 0 fully saturated rings. The SMILES string of the molecule is CN(C)CCCOS(=O)(=O)c1ccccc1. The van der Waals surface area contributed by atoms with Crippen LogP contribution in [0.4, 0.5) is 0 Å². The van der Waals surface area contributed by atoms with E-state index < -0.39 is 10.1 Å². The number of benzene rings is 1. The summed E-state index contributed by atoms with van der Waals surface area (Å²) in [6, 6.07) is 8.18. The summed E-state index contributed by atoms with van der Waals surface area (Å²) in [5.41, 5.74) is 0. The third-order valence-electron chi connectivity index (χ3n) is 2.02. The molecule has 0 radical (unpaired) electrons. The molecule has 0 atom stereocenters. The number of hydrogen-bond acceptors (Lipinski definition) is 4. The Hall–Kier alpha value is -0.910. The first kappa shape index (κ1) is 13.2. The summed E-state index contributed by atoms with van der Waals surface area (Å²) in [5.74, 6) is 0. The summed E-state index contributed by atoms with van der Waals surface area (Å²) in [7, 11) is 0.296. The average molecular weight is 243 g/mol. The molecule has 0 unspecified atom stereocenters. The zero-order valence-electron chi connectivity index (χ0n) is 9.59. The zero-order chi connectivity index (χ0) is 12.0. The lowest BCUT2D eigenvalue weighted by Crippen LogP contribution is -2.16. The minimum atomic E-state index is -3.58. The summed E-state index contributed by atoms with van der Waals surface area (Å²) in [6.45, 7) is 1.03. The fourth-order valence-corrected chi connectivity index (χ4v) is 2.17. The van der Waals surface area contributed by atoms with Crippen LogP contribution in [0.15, 0.2) is 35.2 Å². The number of rotatable bonds is 6. The largest absolute Gasteiger partial charge is 0.309 e. The second-order valence-corrected chi connectivity index (χ2v) is 5.36. The summed E-state index contributed by atoms with van der Waals surface area (Å²) < 4.78 is 28.2. The molecular formula is C11H17NO3S. The van der Waals surface area contributed by atoms with Crippen molar-refractivity contribution in [2.24, 2.45) is 0 Å². The fourth-order valence-electron chi connectivity index (χ4n) is 1.20. The van der Waals surface area contributed by atoms with Crippen molar-refractivity contribution in [3.05, 3.63) is 30.3 Å². The molecule has 0 aromatic heterocycles. The van der Waals surface area contributed by atoms with E-state index in [0.29, 0.717) is 6.42 Å². The molecule has 0 amide bonds. The van der Waals surface area contributed by atoms with Gasteiger partial charge in [-0.05, 0) is 39.2 Å². The number of hydrogen-bond donors (Lipinski definition) is 0. The van der Waals surface area contributed by atoms with E-state index in [-0.39, 0.29) is 11.5 Å². The van der Waals surface area contributed by atoms with Crippen molar-refractivity contribution < 1.29 is 12.6 Å². The Morgan fingerprint density at radius 2 is 1.81 bits per heavy atom. The molecule has 1 rings (SSSR count). The van der Waals surface area contributed by atoms with Crippen LogP contribution in [0.3, 0.4) is 0 Å². The van der Waals surface area contributed by atoms with Gasteiger partial charge < -0.3 is 4.90 Å². The van der Waals surface area contributed by atoms with E-state index in [2.05, 4.69) is 0 Å². The standard InChI is InChI=1S/C11H17NO3S/c1-12(2)9-6-10-15-16(13,14)11-7-4-3-5-8-11/h3-5,7-8H,6,9-10H2,1-2H3. The maximum atomic E-state index is 11.6. The van der Waals surface area contributed by atoms with Gasteiger partial charge in [-0.3, -0.25) is 4.18 Å². The Labute approximate surface area is 97.0 Å². The van der Waals surface area contributed by atoms with E-state index in [1.807, 2.05) is 19.0 Å². The molecule has 0 N–H and O–H groups in total. The topological polar surface area (TPSA) is 46.6 Å². The molecule has 0 aliphatic rings. The second kappa shape index (κ2) is 5.98. The Bertz CT molecular complexity index is 400. The Balaban J connectivity index is 2.48. The van der Waals surface area contributed by atoms with Crippen LogP contribution < -0.4 is 0 Å². The van der Waals surface area contributed by atoms with E-state index in [9.17, 15) is 8.42 Å². The van der Waals surface area contributed by atoms with Gasteiger partial charge >= 0.3 is 0 Å². The van der Waals surface area contributed by atoms with Crippen molar-refractivity contribution in [1.29, 1.82) is 0 Å². The molecule has 1 aromatic carbocycles. The summed E-state index contributed by atoms with van der Waals surface area (Å²) in [5, 5.41) is 0. The van der Waals surface area contributed by atoms with Crippen molar-refractivity contribution in [3.63, 3.8) is 0 Å². The van der Waals surface area contributed by atoms with Gasteiger partial charge in [0.05, 0.1) is 11.5 Å². The normalized spacial score (nSPS) is 11.9. The van der Waals surface area contributed by atoms with Gasteiger partial charge in [0.1, 0.15) is 0 Å². The number of nitrogens with zero attached hydrogens (tertiary/aromatic N) is 1. The van der Waals surface area contributed by atoms with Gasteiger partial charge in [0.2, 0.25) is 0 Å². The van der Waals surface area contributed by atoms with E-state index in [1.165, 1.54) is 12.1 Å². The van der Waals surface area contributed by atoms with E-state index in [4.69, 9.17) is 4.18 Å². The maximum absolute atomic E-state index is 11.6. The molecule has 1 aromatic rings. The van der Waals surface area contributed by atoms with Crippen LogP contribution >= 0.6 is 0 Å². The highest BCUT2D eigenvalue weighted by molar-refractivity contribution is 7.86. The Morgan fingerprint density at radius 3 is 2.38 bits per heavy atom. The third kappa shape index (κ3) is 4.30. The van der Waals surface area contributed by atoms with E-state index >= 15 is 0 Å². The Kier molecular flexibility index (Phi) is 4.92. The van der Waals surface area contributed by atoms with Gasteiger partial charge in [0, 0.05) is 0 Å². The van der Waals surface area contributed by atoms with E-state index in [0.717, 1.165) is 6.54 Å². The van der Waals surface area contributed by atoms with E-state index in [1.54, 1.807) is 18.2 Å². The van der Waals surface area contributed by atoms with Crippen LogP contribution in [0.2, 0.25) is 0 Å². The third-order valence-corrected chi connectivity index (χ3v) is 3.35. The van der Waals surface area contributed by atoms with Crippen LogP contribution in [0.25, 0.3) is 0 Å². The predicted molar refractivity (Wildman–Crippen MR) is 62.8 cm³/mol. The van der Waals surface area contributed by atoms with Crippen molar-refractivity contribution in [3.8, 4) is 0 Å². The minimum absolute atomic E-state index is 0.208. The molecule has 5 heteroatoms. The van der Waals surface area contributed by atoms with Gasteiger partial charge in [0.25, 0.3) is 10.1 Å². The van der Waals surface area contributed by atoms with Gasteiger partial charge in [0.15, 0.2) is 0 Å². The molecule has 0 aliphatic carbocycles. The first-order valence-electron chi connectivity index (χ1n) is 5.11. The predicted octanol–water partition coefficient (Wildman–Crippen LogP) is 1.34. The molecule has 0 saturated heterocycles. The van der Waals surface area contributed by atoms with Gasteiger partial charge in [-0.15, -0.1) is 0 Å². The minimum Gasteiger partial charge on any atom is -0.309 e. The monoisotopic (exact) mass is 243 g/mol. The van der Waals surface area contributed by atoms with Gasteiger partial charge in [-0.2, -0.15) is 8.42 Å². The van der Waals surface area contributed by atoms with Gasteiger partial charge in [-0.1, -0.05) is 18.2 Å². The van der Waals surface area contributed by atoms with Crippen LogP contribution in [-0.2, 0) is 14.3 Å². The highest BCUT2D eigenvalue weighted by Gasteiger charge is 2.13. The van der Waals surface area contributed by atoms with Gasteiger partial charge in [-0.25, -0.2) is 0 Å². The average Bonchev–Trinajstić information content (AvgIpc) is 2.26. The highest BCUT2D eigenvalue weighted by Crippen LogP contribution is 2.11. The quantitative estimate of drug-likeness (QED) is 0.559. The molecule has 0 saturated carbocycles. The van der Waals surface area contributed by atoms with Crippen molar-refractivity contribution in [2.45, 2.75) is 11.3 Å². The highest BCUT2D eigenvalue weighted by atomic mass is 32.2. The molecule has 16 heavy (non-hydrogen) atoms. The molecule has 4 nitrogen and oxygen atoms in total. The lowest BCUT2D eigenvalue weighted by atomic mass is 10.4. The Morgan fingerprint density at radius 1 is 1.19 bits per heavy atom. The lowest BCUT2D eigenvalue weighted by molar-refractivity contribution is 0.284. The molecule has 0 heterocycles. The van der Waals surface area contributed by atoms with Crippen LogP contribution in [0.1, 0.15) is 6.42 Å². The van der Waals surface area contributed by atoms with Crippen molar-refractivity contribution in [2.75, 3.05) is 27.2 Å². The maximum Gasteiger partial charge on any atom is 0.296 e. The lowest BCUT2D eigenvalue weighted by Gasteiger charge is -2.09. The van der Waals surface area contributed by atoms with Crippen molar-refractivity contribution >= 4 is 10.1 Å². The van der Waals surface area contributed by atoms with Crippen LogP contribution in [0, 0.1) is 0 Å². The molecule has 0 aliphatic heterocycles.